The summed E-state index contributed by atoms with van der Waals surface area (Å²) in [4.78, 5) is 25.2. The van der Waals surface area contributed by atoms with E-state index in [-0.39, 0.29) is 18.3 Å². The van der Waals surface area contributed by atoms with Gasteiger partial charge in [0, 0.05) is 29.1 Å². The Morgan fingerprint density at radius 3 is 2.51 bits per heavy atom. The summed E-state index contributed by atoms with van der Waals surface area (Å²) < 4.78 is 7.89. The summed E-state index contributed by atoms with van der Waals surface area (Å²) in [5.41, 5.74) is 7.21. The van der Waals surface area contributed by atoms with Gasteiger partial charge < -0.3 is 19.5 Å². The van der Waals surface area contributed by atoms with Gasteiger partial charge in [0.2, 0.25) is 5.58 Å². The maximum Gasteiger partial charge on any atom is 0.374 e. The maximum absolute atomic E-state index is 11.7. The van der Waals surface area contributed by atoms with Gasteiger partial charge >= 0.3 is 17.8 Å². The van der Waals surface area contributed by atoms with Crippen LogP contribution < -0.4 is 9.47 Å². The molecular formula is C36H35N2O5+. The molecule has 1 aliphatic heterocycles. The number of carboxylic acids is 2. The molecule has 43 heavy (non-hydrogen) atoms. The number of carboxylic acid groups (broad SMARTS) is 2. The smallest absolute Gasteiger partial charge is 0.374 e. The summed E-state index contributed by atoms with van der Waals surface area (Å²) >= 11 is 0. The van der Waals surface area contributed by atoms with E-state index in [9.17, 15) is 19.8 Å². The molecule has 6 rings (SSSR count). The summed E-state index contributed by atoms with van der Waals surface area (Å²) in [7, 11) is 0. The molecule has 0 saturated carbocycles. The standard InChI is InChI=1S/C36H34N2O5/c1-36(2)30(18-4-3-5-19-31-37(22-20-32(39)40)28-16-10-11-17-29(28)43-31)38(23-21-33(41)42)35-27-15-9-7-13-25(27)24-12-6-8-14-26(24)34(35)36/h3-5,7-11,13-19H,6,12,20-23H2,1-2H3,(H-,39,40,41,42)/p+1. The van der Waals surface area contributed by atoms with E-state index >= 15 is 0 Å². The molecule has 0 saturated heterocycles. The monoisotopic (exact) mass is 575 g/mol. The highest BCUT2D eigenvalue weighted by molar-refractivity contribution is 6.04. The van der Waals surface area contributed by atoms with Gasteiger partial charge in [-0.25, -0.2) is 0 Å². The van der Waals surface area contributed by atoms with E-state index in [1.807, 2.05) is 53.1 Å². The summed E-state index contributed by atoms with van der Waals surface area (Å²) in [5, 5.41) is 21.2. The van der Waals surface area contributed by atoms with Crippen LogP contribution in [0.2, 0.25) is 0 Å². The van der Waals surface area contributed by atoms with Gasteiger partial charge in [-0.1, -0.05) is 80.6 Å². The SMILES string of the molecule is CC1(C)/C(=C/C=C/C=C/c2oc3ccccc3[n+]2CCC(=O)O)N(CCC(=O)O)c2c1c1c(c3ccccc23)CCC=C1. The third-order valence-corrected chi connectivity index (χ3v) is 8.46. The lowest BCUT2D eigenvalue weighted by Crippen LogP contribution is -2.36. The van der Waals surface area contributed by atoms with E-state index in [0.717, 1.165) is 35.1 Å². The molecule has 3 aromatic carbocycles. The molecule has 7 heteroatoms. The topological polar surface area (TPSA) is 94.9 Å². The minimum Gasteiger partial charge on any atom is -0.481 e. The number of allylic oxidation sites excluding steroid dienone is 6. The molecule has 0 bridgehead atoms. The van der Waals surface area contributed by atoms with Gasteiger partial charge in [-0.05, 0) is 47.1 Å². The zero-order valence-electron chi connectivity index (χ0n) is 24.4. The van der Waals surface area contributed by atoms with E-state index in [1.54, 1.807) is 0 Å². The highest BCUT2D eigenvalue weighted by atomic mass is 16.4. The van der Waals surface area contributed by atoms with Crippen LogP contribution in [0.3, 0.4) is 0 Å². The number of aryl methyl sites for hydroxylation is 2. The van der Waals surface area contributed by atoms with E-state index in [2.05, 4.69) is 61.2 Å². The van der Waals surface area contributed by atoms with Gasteiger partial charge in [0.25, 0.3) is 5.52 Å². The maximum atomic E-state index is 11.7. The van der Waals surface area contributed by atoms with E-state index in [0.29, 0.717) is 24.6 Å². The second-order valence-electron chi connectivity index (χ2n) is 11.5. The minimum absolute atomic E-state index is 0.00758. The molecule has 2 N–H and O–H groups in total. The van der Waals surface area contributed by atoms with Crippen molar-refractivity contribution in [2.75, 3.05) is 11.4 Å². The number of fused-ring (bicyclic) bond motifs is 7. The van der Waals surface area contributed by atoms with Crippen molar-refractivity contribution in [1.82, 2.24) is 0 Å². The highest BCUT2D eigenvalue weighted by Crippen LogP contribution is 2.54. The largest absolute Gasteiger partial charge is 0.481 e. The number of para-hydroxylation sites is 2. The Morgan fingerprint density at radius 2 is 1.72 bits per heavy atom. The molecule has 0 spiro atoms. The molecule has 0 fully saturated rings. The predicted molar refractivity (Wildman–Crippen MR) is 169 cm³/mol. The molecule has 0 amide bonds. The van der Waals surface area contributed by atoms with Crippen molar-refractivity contribution in [2.45, 2.75) is 51.5 Å². The molecule has 0 radical (unpaired) electrons. The van der Waals surface area contributed by atoms with Gasteiger partial charge in [0.15, 0.2) is 6.54 Å². The Hall–Kier alpha value is -4.91. The van der Waals surface area contributed by atoms with Gasteiger partial charge in [0.1, 0.15) is 6.42 Å². The molecule has 2 heterocycles. The Morgan fingerprint density at radius 1 is 0.977 bits per heavy atom. The van der Waals surface area contributed by atoms with Crippen LogP contribution in [0.1, 0.15) is 55.7 Å². The fourth-order valence-electron chi connectivity index (χ4n) is 6.59. The Bertz CT molecular complexity index is 1870. The van der Waals surface area contributed by atoms with Crippen molar-refractivity contribution in [1.29, 1.82) is 0 Å². The van der Waals surface area contributed by atoms with Crippen LogP contribution >= 0.6 is 0 Å². The van der Waals surface area contributed by atoms with Crippen LogP contribution in [0, 0.1) is 0 Å². The first kappa shape index (κ1) is 28.2. The number of aromatic nitrogens is 1. The van der Waals surface area contributed by atoms with Crippen LogP contribution in [0.15, 0.2) is 89.0 Å². The molecule has 1 aromatic heterocycles. The first-order valence-electron chi connectivity index (χ1n) is 14.7. The van der Waals surface area contributed by atoms with Gasteiger partial charge in [0.05, 0.1) is 18.2 Å². The van der Waals surface area contributed by atoms with Gasteiger partial charge in [-0.2, -0.15) is 4.57 Å². The number of hydrogen-bond donors (Lipinski definition) is 2. The molecule has 7 nitrogen and oxygen atoms in total. The molecule has 0 atom stereocenters. The van der Waals surface area contributed by atoms with Crippen molar-refractivity contribution >= 4 is 51.7 Å². The summed E-state index contributed by atoms with van der Waals surface area (Å²) in [6.07, 6.45) is 16.2. The summed E-state index contributed by atoms with van der Waals surface area (Å²) in [5.74, 6) is -1.12. The molecule has 2 aliphatic rings. The lowest BCUT2D eigenvalue weighted by Gasteiger charge is -2.27. The quantitative estimate of drug-likeness (QED) is 0.164. The van der Waals surface area contributed by atoms with Crippen LogP contribution in [-0.2, 0) is 28.0 Å². The third-order valence-electron chi connectivity index (χ3n) is 8.46. The van der Waals surface area contributed by atoms with Crippen LogP contribution in [0.25, 0.3) is 34.0 Å². The number of benzene rings is 3. The fourth-order valence-corrected chi connectivity index (χ4v) is 6.59. The van der Waals surface area contributed by atoms with Crippen LogP contribution in [0.5, 0.6) is 0 Å². The fraction of sp³-hybridized carbons (Fsp3) is 0.250. The zero-order chi connectivity index (χ0) is 30.1. The third kappa shape index (κ3) is 5.16. The van der Waals surface area contributed by atoms with Crippen molar-refractivity contribution in [3.63, 3.8) is 0 Å². The first-order valence-corrected chi connectivity index (χ1v) is 14.7. The van der Waals surface area contributed by atoms with E-state index in [4.69, 9.17) is 4.42 Å². The second kappa shape index (κ2) is 11.4. The first-order chi connectivity index (χ1) is 20.8. The Balaban J connectivity index is 1.39. The zero-order valence-corrected chi connectivity index (χ0v) is 24.4. The van der Waals surface area contributed by atoms with Gasteiger partial charge in [-0.15, -0.1) is 0 Å². The lowest BCUT2D eigenvalue weighted by molar-refractivity contribution is -0.676. The summed E-state index contributed by atoms with van der Waals surface area (Å²) in [6, 6.07) is 16.1. The highest BCUT2D eigenvalue weighted by Gasteiger charge is 2.43. The molecule has 4 aromatic rings. The van der Waals surface area contributed by atoms with Crippen molar-refractivity contribution < 1.29 is 28.8 Å². The van der Waals surface area contributed by atoms with Crippen molar-refractivity contribution in [3.05, 3.63) is 107 Å². The number of aliphatic carboxylic acids is 2. The summed E-state index contributed by atoms with van der Waals surface area (Å²) in [6.45, 7) is 5.12. The number of oxazole rings is 1. The number of hydrogen-bond acceptors (Lipinski definition) is 4. The predicted octanol–water partition coefficient (Wildman–Crippen LogP) is 7.03. The molecule has 218 valence electrons. The van der Waals surface area contributed by atoms with E-state index in [1.165, 1.54) is 22.1 Å². The Kier molecular flexibility index (Phi) is 7.48. The Labute approximate surface area is 250 Å². The lowest BCUT2D eigenvalue weighted by atomic mass is 9.76. The van der Waals surface area contributed by atoms with Crippen LogP contribution in [-0.4, -0.2) is 28.7 Å². The van der Waals surface area contributed by atoms with E-state index < -0.39 is 11.9 Å². The average Bonchev–Trinajstić information content (AvgIpc) is 3.46. The van der Waals surface area contributed by atoms with Gasteiger partial charge in [-0.3, -0.25) is 9.59 Å². The van der Waals surface area contributed by atoms with Crippen molar-refractivity contribution in [3.8, 4) is 0 Å². The number of anilines is 1. The minimum atomic E-state index is -0.864. The number of nitrogens with zero attached hydrogens (tertiary/aromatic N) is 2. The van der Waals surface area contributed by atoms with Crippen molar-refractivity contribution in [2.24, 2.45) is 0 Å². The molecule has 1 aliphatic carbocycles. The normalized spacial score (nSPS) is 16.6. The van der Waals surface area contributed by atoms with Crippen LogP contribution in [0.4, 0.5) is 5.69 Å². The molecule has 0 unspecified atom stereocenters. The number of carbonyl (C=O) groups is 2. The second-order valence-corrected chi connectivity index (χ2v) is 11.5. The molecular weight excluding hydrogens is 540 g/mol. The number of rotatable bonds is 9. The average molecular weight is 576 g/mol.